The van der Waals surface area contributed by atoms with Crippen molar-refractivity contribution in [2.24, 2.45) is 5.92 Å². The molecule has 1 aliphatic carbocycles. The summed E-state index contributed by atoms with van der Waals surface area (Å²) in [6, 6.07) is 0. The predicted octanol–water partition coefficient (Wildman–Crippen LogP) is 2.95. The van der Waals surface area contributed by atoms with Gasteiger partial charge in [0.15, 0.2) is 5.78 Å². The van der Waals surface area contributed by atoms with Crippen molar-refractivity contribution in [3.05, 3.63) is 0 Å². The van der Waals surface area contributed by atoms with Gasteiger partial charge in [-0.1, -0.05) is 33.6 Å². The van der Waals surface area contributed by atoms with Crippen LogP contribution < -0.4 is 0 Å². The third-order valence-corrected chi connectivity index (χ3v) is 2.80. The van der Waals surface area contributed by atoms with Crippen molar-refractivity contribution in [3.8, 4) is 0 Å². The summed E-state index contributed by atoms with van der Waals surface area (Å²) in [5.74, 6) is 0.415. The fraction of sp³-hybridized carbons (Fsp3) is 0.917. The molecule has 2 nitrogen and oxygen atoms in total. The zero-order valence-electron chi connectivity index (χ0n) is 9.64. The van der Waals surface area contributed by atoms with Gasteiger partial charge in [-0.2, -0.15) is 0 Å². The molecule has 0 aliphatic heterocycles. The topological polar surface area (TPSA) is 26.3 Å². The first-order valence-electron chi connectivity index (χ1n) is 5.80. The Morgan fingerprint density at radius 3 is 2.43 bits per heavy atom. The lowest BCUT2D eigenvalue weighted by Crippen LogP contribution is -2.30. The summed E-state index contributed by atoms with van der Waals surface area (Å²) in [5, 5.41) is 0. The van der Waals surface area contributed by atoms with Crippen LogP contribution in [-0.2, 0) is 9.53 Å². The zero-order chi connectivity index (χ0) is 10.6. The Balaban J connectivity index is 2.25. The quantitative estimate of drug-likeness (QED) is 0.588. The van der Waals surface area contributed by atoms with E-state index in [9.17, 15) is 4.79 Å². The summed E-state index contributed by atoms with van der Waals surface area (Å²) in [5.41, 5.74) is -0.359. The van der Waals surface area contributed by atoms with E-state index in [1.54, 1.807) is 0 Å². The Hall–Kier alpha value is -0.370. The van der Waals surface area contributed by atoms with Crippen LogP contribution in [-0.4, -0.2) is 18.0 Å². The molecule has 0 bridgehead atoms. The SMILES string of the molecule is CCCCCOC1(C(=O)C(C)C)CC1. The average Bonchev–Trinajstić information content (AvgIpc) is 2.92. The first kappa shape index (κ1) is 11.7. The number of Topliss-reactive ketones (excluding diaryl/α,β-unsaturated/α-hetero) is 1. The Bertz CT molecular complexity index is 192. The monoisotopic (exact) mass is 198 g/mol. The minimum absolute atomic E-state index is 0.115. The minimum atomic E-state index is -0.359. The smallest absolute Gasteiger partial charge is 0.167 e. The summed E-state index contributed by atoms with van der Waals surface area (Å²) >= 11 is 0. The van der Waals surface area contributed by atoms with Gasteiger partial charge in [0, 0.05) is 12.5 Å². The van der Waals surface area contributed by atoms with Gasteiger partial charge in [-0.05, 0) is 19.3 Å². The van der Waals surface area contributed by atoms with Crippen LogP contribution in [0.3, 0.4) is 0 Å². The van der Waals surface area contributed by atoms with E-state index in [0.717, 1.165) is 25.9 Å². The highest BCUT2D eigenvalue weighted by Crippen LogP contribution is 2.42. The summed E-state index contributed by atoms with van der Waals surface area (Å²) < 4.78 is 5.72. The lowest BCUT2D eigenvalue weighted by molar-refractivity contribution is -0.136. The molecule has 0 aromatic carbocycles. The van der Waals surface area contributed by atoms with Crippen LogP contribution in [0, 0.1) is 5.92 Å². The van der Waals surface area contributed by atoms with Crippen LogP contribution in [0.15, 0.2) is 0 Å². The first-order chi connectivity index (χ1) is 6.62. The van der Waals surface area contributed by atoms with Crippen molar-refractivity contribution in [1.82, 2.24) is 0 Å². The van der Waals surface area contributed by atoms with Gasteiger partial charge in [-0.25, -0.2) is 0 Å². The number of hydrogen-bond acceptors (Lipinski definition) is 2. The highest BCUT2D eigenvalue weighted by molar-refractivity contribution is 5.91. The number of rotatable bonds is 7. The molecule has 0 atom stereocenters. The van der Waals surface area contributed by atoms with Gasteiger partial charge in [0.2, 0.25) is 0 Å². The summed E-state index contributed by atoms with van der Waals surface area (Å²) in [6.45, 7) is 6.84. The molecule has 0 N–H and O–H groups in total. The van der Waals surface area contributed by atoms with Gasteiger partial charge in [-0.3, -0.25) is 4.79 Å². The lowest BCUT2D eigenvalue weighted by atomic mass is 10.0. The second kappa shape index (κ2) is 4.92. The second-order valence-corrected chi connectivity index (χ2v) is 4.57. The molecule has 1 rings (SSSR count). The second-order valence-electron chi connectivity index (χ2n) is 4.57. The van der Waals surface area contributed by atoms with Crippen molar-refractivity contribution >= 4 is 5.78 Å². The Morgan fingerprint density at radius 1 is 1.36 bits per heavy atom. The van der Waals surface area contributed by atoms with E-state index < -0.39 is 0 Å². The van der Waals surface area contributed by atoms with E-state index in [1.807, 2.05) is 13.8 Å². The number of ether oxygens (including phenoxy) is 1. The zero-order valence-corrected chi connectivity index (χ0v) is 9.64. The largest absolute Gasteiger partial charge is 0.367 e. The molecule has 14 heavy (non-hydrogen) atoms. The Labute approximate surface area is 87.0 Å². The lowest BCUT2D eigenvalue weighted by Gasteiger charge is -2.17. The third kappa shape index (κ3) is 2.81. The van der Waals surface area contributed by atoms with Gasteiger partial charge in [0.25, 0.3) is 0 Å². The molecule has 0 unspecified atom stereocenters. The molecular weight excluding hydrogens is 176 g/mol. The van der Waals surface area contributed by atoms with Gasteiger partial charge in [-0.15, -0.1) is 0 Å². The highest BCUT2D eigenvalue weighted by Gasteiger charge is 2.51. The molecule has 0 aromatic rings. The van der Waals surface area contributed by atoms with E-state index in [2.05, 4.69) is 6.92 Å². The molecule has 1 aliphatic rings. The Morgan fingerprint density at radius 2 is 2.00 bits per heavy atom. The molecule has 0 aromatic heterocycles. The maximum atomic E-state index is 11.8. The molecule has 2 heteroatoms. The van der Waals surface area contributed by atoms with Gasteiger partial charge < -0.3 is 4.74 Å². The third-order valence-electron chi connectivity index (χ3n) is 2.80. The van der Waals surface area contributed by atoms with Gasteiger partial charge in [0.05, 0.1) is 0 Å². The number of hydrogen-bond donors (Lipinski definition) is 0. The maximum absolute atomic E-state index is 11.8. The number of ketones is 1. The molecular formula is C12H22O2. The molecule has 0 saturated heterocycles. The van der Waals surface area contributed by atoms with Crippen LogP contribution in [0.1, 0.15) is 52.9 Å². The summed E-state index contributed by atoms with van der Waals surface area (Å²) in [6.07, 6.45) is 5.37. The van der Waals surface area contributed by atoms with Crippen molar-refractivity contribution in [3.63, 3.8) is 0 Å². The molecule has 0 radical (unpaired) electrons. The van der Waals surface area contributed by atoms with Crippen molar-refractivity contribution in [1.29, 1.82) is 0 Å². The van der Waals surface area contributed by atoms with Crippen LogP contribution >= 0.6 is 0 Å². The van der Waals surface area contributed by atoms with Crippen LogP contribution in [0.2, 0.25) is 0 Å². The van der Waals surface area contributed by atoms with E-state index in [4.69, 9.17) is 4.74 Å². The molecule has 0 heterocycles. The minimum Gasteiger partial charge on any atom is -0.367 e. The number of carbonyl (C=O) groups is 1. The molecule has 0 amide bonds. The van der Waals surface area contributed by atoms with Crippen molar-refractivity contribution in [2.75, 3.05) is 6.61 Å². The summed E-state index contributed by atoms with van der Waals surface area (Å²) in [4.78, 5) is 11.8. The van der Waals surface area contributed by atoms with E-state index in [1.165, 1.54) is 12.8 Å². The fourth-order valence-electron chi connectivity index (χ4n) is 1.72. The van der Waals surface area contributed by atoms with E-state index in [0.29, 0.717) is 5.78 Å². The van der Waals surface area contributed by atoms with E-state index >= 15 is 0 Å². The average molecular weight is 198 g/mol. The molecule has 1 fully saturated rings. The molecule has 1 saturated carbocycles. The Kier molecular flexibility index (Phi) is 4.11. The fourth-order valence-corrected chi connectivity index (χ4v) is 1.72. The number of carbonyl (C=O) groups excluding carboxylic acids is 1. The van der Waals surface area contributed by atoms with Crippen LogP contribution in [0.25, 0.3) is 0 Å². The predicted molar refractivity (Wildman–Crippen MR) is 57.3 cm³/mol. The van der Waals surface area contributed by atoms with Crippen LogP contribution in [0.5, 0.6) is 0 Å². The first-order valence-corrected chi connectivity index (χ1v) is 5.80. The standard InChI is InChI=1S/C12H22O2/c1-4-5-6-9-14-12(7-8-12)11(13)10(2)3/h10H,4-9H2,1-3H3. The molecule has 0 spiro atoms. The summed E-state index contributed by atoms with van der Waals surface area (Å²) in [7, 11) is 0. The highest BCUT2D eigenvalue weighted by atomic mass is 16.5. The normalized spacial score (nSPS) is 18.6. The maximum Gasteiger partial charge on any atom is 0.167 e. The van der Waals surface area contributed by atoms with Crippen LogP contribution in [0.4, 0.5) is 0 Å². The van der Waals surface area contributed by atoms with Crippen molar-refractivity contribution < 1.29 is 9.53 Å². The van der Waals surface area contributed by atoms with Crippen molar-refractivity contribution in [2.45, 2.75) is 58.5 Å². The molecule has 82 valence electrons. The van der Waals surface area contributed by atoms with Gasteiger partial charge >= 0.3 is 0 Å². The van der Waals surface area contributed by atoms with Gasteiger partial charge in [0.1, 0.15) is 5.60 Å². The number of unbranched alkanes of at least 4 members (excludes halogenated alkanes) is 2. The van der Waals surface area contributed by atoms with E-state index in [-0.39, 0.29) is 11.5 Å².